The van der Waals surface area contributed by atoms with Crippen LogP contribution >= 0.6 is 11.6 Å². The number of rotatable bonds is 4. The van der Waals surface area contributed by atoms with Crippen LogP contribution in [0, 0.1) is 5.82 Å². The van der Waals surface area contributed by atoms with Crippen molar-refractivity contribution < 1.29 is 9.18 Å². The first-order valence-electron chi connectivity index (χ1n) is 7.65. The number of halogens is 2. The largest absolute Gasteiger partial charge is 0.353 e. The molecule has 1 aliphatic rings. The molecular formula is C17H19ClFN3O. The van der Waals surface area contributed by atoms with Crippen molar-refractivity contribution in [1.82, 2.24) is 9.47 Å². The number of aryl methyl sites for hydroxylation is 1. The summed E-state index contributed by atoms with van der Waals surface area (Å²) in [4.78, 5) is 14.4. The van der Waals surface area contributed by atoms with Gasteiger partial charge in [-0.3, -0.25) is 9.69 Å². The summed E-state index contributed by atoms with van der Waals surface area (Å²) in [6.45, 7) is 1.12. The van der Waals surface area contributed by atoms with E-state index in [4.69, 9.17) is 11.6 Å². The zero-order chi connectivity index (χ0) is 16.4. The Hall–Kier alpha value is -1.85. The molecule has 3 rings (SSSR count). The Bertz CT molecular complexity index is 716. The monoisotopic (exact) mass is 335 g/mol. The average Bonchev–Trinajstić information content (AvgIpc) is 3.10. The van der Waals surface area contributed by atoms with E-state index in [1.54, 1.807) is 6.07 Å². The molecule has 1 amide bonds. The highest BCUT2D eigenvalue weighted by Gasteiger charge is 2.29. The lowest BCUT2D eigenvalue weighted by Gasteiger charge is -2.24. The van der Waals surface area contributed by atoms with E-state index in [1.165, 1.54) is 17.8 Å². The minimum absolute atomic E-state index is 0.161. The molecule has 1 saturated heterocycles. The van der Waals surface area contributed by atoms with Gasteiger partial charge in [-0.25, -0.2) is 4.39 Å². The first kappa shape index (κ1) is 16.0. The quantitative estimate of drug-likeness (QED) is 0.927. The van der Waals surface area contributed by atoms with E-state index in [-0.39, 0.29) is 24.2 Å². The average molecular weight is 336 g/mol. The van der Waals surface area contributed by atoms with Crippen molar-refractivity contribution in [3.63, 3.8) is 0 Å². The molecule has 1 atom stereocenters. The Labute approximate surface area is 139 Å². The van der Waals surface area contributed by atoms with Gasteiger partial charge in [0.25, 0.3) is 0 Å². The van der Waals surface area contributed by atoms with Gasteiger partial charge in [-0.15, -0.1) is 0 Å². The third-order valence-electron chi connectivity index (χ3n) is 4.24. The third kappa shape index (κ3) is 3.57. The van der Waals surface area contributed by atoms with Crippen molar-refractivity contribution in [2.75, 3.05) is 18.4 Å². The molecule has 6 heteroatoms. The molecule has 0 unspecified atom stereocenters. The number of likely N-dealkylation sites (tertiary alicyclic amines) is 1. The molecule has 2 aromatic rings. The Balaban J connectivity index is 1.66. The molecule has 1 aliphatic heterocycles. The molecule has 4 nitrogen and oxygen atoms in total. The summed E-state index contributed by atoms with van der Waals surface area (Å²) in [7, 11) is 2.01. The van der Waals surface area contributed by atoms with Gasteiger partial charge in [-0.2, -0.15) is 0 Å². The molecule has 0 aliphatic carbocycles. The summed E-state index contributed by atoms with van der Waals surface area (Å²) in [5, 5.41) is 2.93. The molecule has 1 aromatic heterocycles. The highest BCUT2D eigenvalue weighted by Crippen LogP contribution is 2.31. The second-order valence-corrected chi connectivity index (χ2v) is 6.28. The Kier molecular flexibility index (Phi) is 4.68. The lowest BCUT2D eigenvalue weighted by Crippen LogP contribution is -2.33. The lowest BCUT2D eigenvalue weighted by atomic mass is 10.1. The molecule has 0 bridgehead atoms. The van der Waals surface area contributed by atoms with Crippen molar-refractivity contribution in [3.05, 3.63) is 53.1 Å². The van der Waals surface area contributed by atoms with Crippen LogP contribution in [0.5, 0.6) is 0 Å². The zero-order valence-electron chi connectivity index (χ0n) is 12.9. The number of benzene rings is 1. The van der Waals surface area contributed by atoms with Crippen LogP contribution in [0.4, 0.5) is 10.1 Å². The van der Waals surface area contributed by atoms with E-state index < -0.39 is 5.82 Å². The molecule has 23 heavy (non-hydrogen) atoms. The highest BCUT2D eigenvalue weighted by atomic mass is 35.5. The van der Waals surface area contributed by atoms with Gasteiger partial charge in [0.05, 0.1) is 18.3 Å². The van der Waals surface area contributed by atoms with Crippen LogP contribution in [0.2, 0.25) is 5.02 Å². The molecule has 2 heterocycles. The number of hydrogen-bond acceptors (Lipinski definition) is 2. The molecule has 122 valence electrons. The molecule has 1 N–H and O–H groups in total. The van der Waals surface area contributed by atoms with Crippen LogP contribution in [0.15, 0.2) is 36.5 Å². The second kappa shape index (κ2) is 6.72. The summed E-state index contributed by atoms with van der Waals surface area (Å²) in [6.07, 6.45) is 4.09. The van der Waals surface area contributed by atoms with Gasteiger partial charge in [0.2, 0.25) is 5.91 Å². The van der Waals surface area contributed by atoms with Gasteiger partial charge in [0.15, 0.2) is 0 Å². The van der Waals surface area contributed by atoms with Crippen LogP contribution < -0.4 is 5.32 Å². The van der Waals surface area contributed by atoms with Gasteiger partial charge in [-0.05, 0) is 49.7 Å². The number of hydrogen-bond donors (Lipinski definition) is 1. The van der Waals surface area contributed by atoms with Crippen LogP contribution in [0.1, 0.15) is 24.6 Å². The second-order valence-electron chi connectivity index (χ2n) is 5.84. The number of nitrogens with one attached hydrogen (secondary N) is 1. The number of anilines is 1. The third-order valence-corrected chi connectivity index (χ3v) is 4.48. The standard InChI is InChI=1S/C17H19ClFN3O/c1-21-8-2-4-15(21)16-5-3-9-22(16)11-17(23)20-14-7-6-12(18)10-13(14)19/h2,4,6-8,10,16H,3,5,9,11H2,1H3,(H,20,23)/t16-/m1/s1. The molecule has 0 radical (unpaired) electrons. The number of carbonyl (C=O) groups excluding carboxylic acids is 1. The van der Waals surface area contributed by atoms with Gasteiger partial charge in [0.1, 0.15) is 5.82 Å². The van der Waals surface area contributed by atoms with Crippen LogP contribution in [0.3, 0.4) is 0 Å². The predicted octanol–water partition coefficient (Wildman–Crippen LogP) is 3.59. The maximum Gasteiger partial charge on any atom is 0.238 e. The fraction of sp³-hybridized carbons (Fsp3) is 0.353. The van der Waals surface area contributed by atoms with E-state index in [9.17, 15) is 9.18 Å². The first-order valence-corrected chi connectivity index (χ1v) is 8.02. The van der Waals surface area contributed by atoms with E-state index >= 15 is 0 Å². The summed E-state index contributed by atoms with van der Waals surface area (Å²) >= 11 is 5.72. The summed E-state index contributed by atoms with van der Waals surface area (Å²) < 4.78 is 15.8. The van der Waals surface area contributed by atoms with E-state index in [2.05, 4.69) is 20.9 Å². The van der Waals surface area contributed by atoms with Crippen molar-refractivity contribution in [2.24, 2.45) is 7.05 Å². The zero-order valence-corrected chi connectivity index (χ0v) is 13.7. The molecule has 0 saturated carbocycles. The normalized spacial score (nSPS) is 18.3. The van der Waals surface area contributed by atoms with Crippen LogP contribution in [0.25, 0.3) is 0 Å². The summed E-state index contributed by atoms with van der Waals surface area (Å²) in [6, 6.07) is 8.56. The number of amides is 1. The van der Waals surface area contributed by atoms with E-state index in [0.29, 0.717) is 5.02 Å². The van der Waals surface area contributed by atoms with Crippen molar-refractivity contribution in [1.29, 1.82) is 0 Å². The van der Waals surface area contributed by atoms with Crippen molar-refractivity contribution in [3.8, 4) is 0 Å². The summed E-state index contributed by atoms with van der Waals surface area (Å²) in [5.74, 6) is -0.737. The van der Waals surface area contributed by atoms with Gasteiger partial charge in [0, 0.05) is 24.0 Å². The maximum absolute atomic E-state index is 13.8. The Morgan fingerprint density at radius 1 is 1.43 bits per heavy atom. The van der Waals surface area contributed by atoms with Crippen molar-refractivity contribution >= 4 is 23.2 Å². The van der Waals surface area contributed by atoms with Gasteiger partial charge < -0.3 is 9.88 Å². The SMILES string of the molecule is Cn1cccc1[C@H]1CCCN1CC(=O)Nc1ccc(Cl)cc1F. The number of aromatic nitrogens is 1. The molecular weight excluding hydrogens is 317 g/mol. The molecule has 0 spiro atoms. The van der Waals surface area contributed by atoms with Gasteiger partial charge >= 0.3 is 0 Å². The van der Waals surface area contributed by atoms with Gasteiger partial charge in [-0.1, -0.05) is 11.6 Å². The lowest BCUT2D eigenvalue weighted by molar-refractivity contribution is -0.117. The topological polar surface area (TPSA) is 37.3 Å². The highest BCUT2D eigenvalue weighted by molar-refractivity contribution is 6.30. The fourth-order valence-corrected chi connectivity index (χ4v) is 3.29. The van der Waals surface area contributed by atoms with E-state index in [1.807, 2.05) is 19.3 Å². The predicted molar refractivity (Wildman–Crippen MR) is 89.0 cm³/mol. The summed E-state index contributed by atoms with van der Waals surface area (Å²) in [5.41, 5.74) is 1.36. The Morgan fingerprint density at radius 2 is 2.26 bits per heavy atom. The minimum Gasteiger partial charge on any atom is -0.353 e. The minimum atomic E-state index is -0.522. The van der Waals surface area contributed by atoms with E-state index in [0.717, 1.165) is 19.4 Å². The number of carbonyl (C=O) groups is 1. The Morgan fingerprint density at radius 3 is 2.96 bits per heavy atom. The number of nitrogens with zero attached hydrogens (tertiary/aromatic N) is 2. The maximum atomic E-state index is 13.8. The van der Waals surface area contributed by atoms with Crippen LogP contribution in [-0.4, -0.2) is 28.5 Å². The molecule has 1 aromatic carbocycles. The first-order chi connectivity index (χ1) is 11.0. The molecule has 1 fully saturated rings. The van der Waals surface area contributed by atoms with Crippen LogP contribution in [-0.2, 0) is 11.8 Å². The smallest absolute Gasteiger partial charge is 0.238 e. The fourth-order valence-electron chi connectivity index (χ4n) is 3.14. The van der Waals surface area contributed by atoms with Crippen molar-refractivity contribution in [2.45, 2.75) is 18.9 Å².